The number of aryl methyl sites for hydroxylation is 2. The summed E-state index contributed by atoms with van der Waals surface area (Å²) < 4.78 is 11.4. The Kier molecular flexibility index (Phi) is 7.44. The molecule has 0 saturated heterocycles. The number of aromatic nitrogens is 4. The number of nitrogens with two attached hydrogens (primary N) is 2. The van der Waals surface area contributed by atoms with Crippen molar-refractivity contribution >= 4 is 22.5 Å². The lowest BCUT2D eigenvalue weighted by Gasteiger charge is -2.36. The first-order valence-corrected chi connectivity index (χ1v) is 11.7. The third-order valence-corrected chi connectivity index (χ3v) is 6.32. The molecule has 11 heteroatoms. The Hall–Kier alpha value is -3.99. The van der Waals surface area contributed by atoms with Gasteiger partial charge in [-0.2, -0.15) is 0 Å². The molecule has 5 N–H and O–H groups in total. The molecule has 37 heavy (non-hydrogen) atoms. The van der Waals surface area contributed by atoms with E-state index < -0.39 is 5.60 Å². The number of ether oxygens (including phenoxy) is 2. The molecule has 3 aromatic heterocycles. The quantitative estimate of drug-likeness (QED) is 0.233. The van der Waals surface area contributed by atoms with Crippen LogP contribution in [0.4, 0.5) is 0 Å². The van der Waals surface area contributed by atoms with Crippen LogP contribution in [0.5, 0.6) is 11.6 Å². The summed E-state index contributed by atoms with van der Waals surface area (Å²) in [5, 5.41) is 14.3. The minimum atomic E-state index is -1.75. The number of likely N-dealkylation sites (N-methyl/N-ethyl adjacent to an activating group) is 1. The summed E-state index contributed by atoms with van der Waals surface area (Å²) in [6.45, 7) is 3.75. The SMILES string of the molecule is COc1nc2ccc(C(O)(C(=CN)N(C)N)c3ccc(C)nc3C)cc2c(Cl)c1OCc1ncccn1. The highest BCUT2D eigenvalue weighted by Gasteiger charge is 2.40. The number of methoxy groups -OCH3 is 1. The van der Waals surface area contributed by atoms with Crippen molar-refractivity contribution in [1.82, 2.24) is 24.9 Å². The van der Waals surface area contributed by atoms with Crippen molar-refractivity contribution in [1.29, 1.82) is 0 Å². The van der Waals surface area contributed by atoms with Crippen molar-refractivity contribution in [3.8, 4) is 11.6 Å². The molecule has 1 unspecified atom stereocenters. The van der Waals surface area contributed by atoms with Crippen LogP contribution in [0.1, 0.15) is 28.3 Å². The fraction of sp³-hybridized carbons (Fsp3) is 0.231. The molecule has 1 atom stereocenters. The summed E-state index contributed by atoms with van der Waals surface area (Å²) in [5.74, 6) is 7.01. The Morgan fingerprint density at radius 2 is 1.89 bits per heavy atom. The van der Waals surface area contributed by atoms with E-state index in [4.69, 9.17) is 32.7 Å². The Morgan fingerprint density at radius 1 is 1.16 bits per heavy atom. The average molecular weight is 522 g/mol. The zero-order valence-corrected chi connectivity index (χ0v) is 21.7. The number of nitrogens with zero attached hydrogens (tertiary/aromatic N) is 5. The standard InChI is InChI=1S/C26H28ClN7O3/c1-15-6-8-19(16(2)32-15)26(35,21(13-28)34(3)29)17-7-9-20-18(12-17)23(27)24(25(33-20)36-4)37-14-22-30-10-5-11-31-22/h5-13,35H,14,28-29H2,1-4H3. The van der Waals surface area contributed by atoms with E-state index in [-0.39, 0.29) is 29.0 Å². The van der Waals surface area contributed by atoms with Gasteiger partial charge >= 0.3 is 0 Å². The molecule has 4 aromatic rings. The number of fused-ring (bicyclic) bond motifs is 1. The van der Waals surface area contributed by atoms with Crippen LogP contribution >= 0.6 is 11.6 Å². The average Bonchev–Trinajstić information content (AvgIpc) is 2.88. The van der Waals surface area contributed by atoms with Gasteiger partial charge in [0.05, 0.1) is 23.3 Å². The van der Waals surface area contributed by atoms with Gasteiger partial charge in [0.1, 0.15) is 6.61 Å². The maximum absolute atomic E-state index is 12.3. The van der Waals surface area contributed by atoms with Crippen LogP contribution in [0.15, 0.2) is 60.7 Å². The van der Waals surface area contributed by atoms with Gasteiger partial charge in [-0.15, -0.1) is 0 Å². The van der Waals surface area contributed by atoms with Crippen molar-refractivity contribution in [3.63, 3.8) is 0 Å². The summed E-state index contributed by atoms with van der Waals surface area (Å²) in [6, 6.07) is 10.5. The van der Waals surface area contributed by atoms with Crippen LogP contribution < -0.4 is 21.1 Å². The van der Waals surface area contributed by atoms with E-state index in [1.54, 1.807) is 49.8 Å². The molecule has 0 radical (unpaired) electrons. The van der Waals surface area contributed by atoms with Gasteiger partial charge in [-0.25, -0.2) is 20.8 Å². The van der Waals surface area contributed by atoms with Gasteiger partial charge in [-0.3, -0.25) is 4.98 Å². The molecular formula is C26H28ClN7O3. The predicted octanol–water partition coefficient (Wildman–Crippen LogP) is 3.12. The van der Waals surface area contributed by atoms with Crippen LogP contribution in [0, 0.1) is 13.8 Å². The van der Waals surface area contributed by atoms with Gasteiger partial charge in [-0.1, -0.05) is 23.7 Å². The van der Waals surface area contributed by atoms with Gasteiger partial charge < -0.3 is 25.3 Å². The number of benzene rings is 1. The highest BCUT2D eigenvalue weighted by molar-refractivity contribution is 6.37. The molecule has 1 aromatic carbocycles. The summed E-state index contributed by atoms with van der Waals surface area (Å²) in [5.41, 5.74) is 7.39. The normalized spacial score (nSPS) is 13.3. The molecule has 192 valence electrons. The Bertz CT molecular complexity index is 1460. The number of hydrazine groups is 1. The molecule has 0 spiro atoms. The molecule has 0 aliphatic heterocycles. The number of halogens is 1. The van der Waals surface area contributed by atoms with Gasteiger partial charge in [0.25, 0.3) is 5.88 Å². The molecule has 0 saturated carbocycles. The molecule has 4 rings (SSSR count). The van der Waals surface area contributed by atoms with Crippen LogP contribution in [0.25, 0.3) is 10.9 Å². The van der Waals surface area contributed by atoms with Crippen molar-refractivity contribution < 1.29 is 14.6 Å². The molecule has 0 amide bonds. The first kappa shape index (κ1) is 26.1. The second kappa shape index (κ2) is 10.6. The highest BCUT2D eigenvalue weighted by Crippen LogP contribution is 2.43. The number of rotatable bonds is 8. The minimum absolute atomic E-state index is 0.0555. The number of pyridine rings is 2. The van der Waals surface area contributed by atoms with Crippen molar-refractivity contribution in [2.45, 2.75) is 26.1 Å². The van der Waals surface area contributed by atoms with E-state index in [0.29, 0.717) is 33.5 Å². The minimum Gasteiger partial charge on any atom is -0.479 e. The lowest BCUT2D eigenvalue weighted by Crippen LogP contribution is -2.42. The third-order valence-electron chi connectivity index (χ3n) is 5.95. The molecule has 10 nitrogen and oxygen atoms in total. The second-order valence-corrected chi connectivity index (χ2v) is 8.79. The Balaban J connectivity index is 1.91. The van der Waals surface area contributed by atoms with Gasteiger partial charge in [0.2, 0.25) is 5.75 Å². The number of hydrogen-bond donors (Lipinski definition) is 3. The van der Waals surface area contributed by atoms with E-state index in [1.165, 1.54) is 18.3 Å². The number of hydrogen-bond acceptors (Lipinski definition) is 10. The summed E-state index contributed by atoms with van der Waals surface area (Å²) in [6.07, 6.45) is 4.51. The van der Waals surface area contributed by atoms with E-state index in [1.807, 2.05) is 19.9 Å². The Morgan fingerprint density at radius 3 is 2.51 bits per heavy atom. The predicted molar refractivity (Wildman–Crippen MR) is 141 cm³/mol. The number of aliphatic hydroxyl groups is 1. The zero-order chi connectivity index (χ0) is 26.7. The first-order chi connectivity index (χ1) is 17.7. The smallest absolute Gasteiger partial charge is 0.258 e. The van der Waals surface area contributed by atoms with Gasteiger partial charge in [0, 0.05) is 48.0 Å². The largest absolute Gasteiger partial charge is 0.479 e. The maximum atomic E-state index is 12.3. The van der Waals surface area contributed by atoms with Crippen molar-refractivity contribution in [2.24, 2.45) is 11.6 Å². The van der Waals surface area contributed by atoms with E-state index in [0.717, 1.165) is 5.69 Å². The fourth-order valence-corrected chi connectivity index (χ4v) is 4.51. The lowest BCUT2D eigenvalue weighted by molar-refractivity contribution is 0.0870. The molecule has 0 aliphatic carbocycles. The van der Waals surface area contributed by atoms with E-state index in [9.17, 15) is 5.11 Å². The monoisotopic (exact) mass is 521 g/mol. The molecule has 0 aliphatic rings. The fourth-order valence-electron chi connectivity index (χ4n) is 4.22. The summed E-state index contributed by atoms with van der Waals surface area (Å²) in [4.78, 5) is 17.4. The molecule has 0 fully saturated rings. The third kappa shape index (κ3) is 4.86. The van der Waals surface area contributed by atoms with E-state index in [2.05, 4.69) is 19.9 Å². The summed E-state index contributed by atoms with van der Waals surface area (Å²) >= 11 is 6.83. The summed E-state index contributed by atoms with van der Waals surface area (Å²) in [7, 11) is 3.07. The lowest BCUT2D eigenvalue weighted by atomic mass is 9.82. The topological polar surface area (TPSA) is 146 Å². The molecule has 0 bridgehead atoms. The van der Waals surface area contributed by atoms with Crippen molar-refractivity contribution in [2.75, 3.05) is 14.2 Å². The van der Waals surface area contributed by atoms with Crippen LogP contribution in [-0.2, 0) is 12.2 Å². The van der Waals surface area contributed by atoms with Crippen LogP contribution in [-0.4, -0.2) is 44.2 Å². The second-order valence-electron chi connectivity index (χ2n) is 8.41. The molecule has 3 heterocycles. The maximum Gasteiger partial charge on any atom is 0.258 e. The van der Waals surface area contributed by atoms with E-state index >= 15 is 0 Å². The van der Waals surface area contributed by atoms with Crippen LogP contribution in [0.2, 0.25) is 5.02 Å². The van der Waals surface area contributed by atoms with Crippen LogP contribution in [0.3, 0.4) is 0 Å². The Labute approximate surface area is 219 Å². The zero-order valence-electron chi connectivity index (χ0n) is 20.9. The highest BCUT2D eigenvalue weighted by atomic mass is 35.5. The van der Waals surface area contributed by atoms with Gasteiger partial charge in [-0.05, 0) is 43.7 Å². The molecular weight excluding hydrogens is 494 g/mol. The van der Waals surface area contributed by atoms with Gasteiger partial charge in [0.15, 0.2) is 11.4 Å². The van der Waals surface area contributed by atoms with Crippen molar-refractivity contribution in [3.05, 3.63) is 94.1 Å². The first-order valence-electron chi connectivity index (χ1n) is 11.3.